The van der Waals surface area contributed by atoms with E-state index in [0.29, 0.717) is 0 Å². The van der Waals surface area contributed by atoms with Crippen LogP contribution in [0.15, 0.2) is 12.2 Å². The van der Waals surface area contributed by atoms with Crippen LogP contribution in [0.1, 0.15) is 0 Å². The normalized spacial score (nSPS) is 16.0. The van der Waals surface area contributed by atoms with Gasteiger partial charge >= 0.3 is 6.03 Å². The fraction of sp³-hybridized carbons (Fsp3) is 0.571. The van der Waals surface area contributed by atoms with Crippen molar-refractivity contribution in [2.24, 2.45) is 0 Å². The molecule has 1 aliphatic heterocycles. The molecule has 0 saturated carbocycles. The first-order valence-electron chi connectivity index (χ1n) is 3.33. The van der Waals surface area contributed by atoms with E-state index < -0.39 is 0 Å². The summed E-state index contributed by atoms with van der Waals surface area (Å²) in [4.78, 5) is 14.5. The number of hydrogen-bond donors (Lipinski definition) is 0. The van der Waals surface area contributed by atoms with Gasteiger partial charge in [-0.2, -0.15) is 0 Å². The summed E-state index contributed by atoms with van der Waals surface area (Å²) in [6.07, 6.45) is 4.00. The highest BCUT2D eigenvalue weighted by molar-refractivity contribution is 5.74. The zero-order valence-corrected chi connectivity index (χ0v) is 6.37. The maximum Gasteiger partial charge on any atom is 0.320 e. The SMILES string of the molecule is CN(C)C(=O)N1CC=CC1. The lowest BCUT2D eigenvalue weighted by Gasteiger charge is -2.20. The number of carbonyl (C=O) groups is 1. The molecule has 0 aromatic carbocycles. The quantitative estimate of drug-likeness (QED) is 0.450. The lowest BCUT2D eigenvalue weighted by Crippen LogP contribution is -2.37. The van der Waals surface area contributed by atoms with Gasteiger partial charge < -0.3 is 9.80 Å². The van der Waals surface area contributed by atoms with Gasteiger partial charge in [0.1, 0.15) is 0 Å². The molecule has 3 nitrogen and oxygen atoms in total. The molecule has 1 rings (SSSR count). The number of hydrogen-bond acceptors (Lipinski definition) is 1. The van der Waals surface area contributed by atoms with E-state index in [-0.39, 0.29) is 6.03 Å². The van der Waals surface area contributed by atoms with Crippen molar-refractivity contribution in [3.63, 3.8) is 0 Å². The van der Waals surface area contributed by atoms with E-state index in [0.717, 1.165) is 13.1 Å². The second-order valence-electron chi connectivity index (χ2n) is 2.55. The van der Waals surface area contributed by atoms with Crippen LogP contribution in [0.2, 0.25) is 0 Å². The highest BCUT2D eigenvalue weighted by Gasteiger charge is 2.14. The molecule has 3 heteroatoms. The van der Waals surface area contributed by atoms with Gasteiger partial charge in [0, 0.05) is 27.2 Å². The van der Waals surface area contributed by atoms with E-state index in [2.05, 4.69) is 0 Å². The molecule has 0 radical (unpaired) electrons. The second-order valence-corrected chi connectivity index (χ2v) is 2.55. The first-order chi connectivity index (χ1) is 4.72. The van der Waals surface area contributed by atoms with Crippen LogP contribution in [-0.4, -0.2) is 43.0 Å². The van der Waals surface area contributed by atoms with Gasteiger partial charge in [-0.3, -0.25) is 0 Å². The van der Waals surface area contributed by atoms with Crippen molar-refractivity contribution in [1.82, 2.24) is 9.80 Å². The van der Waals surface area contributed by atoms with Crippen molar-refractivity contribution in [3.05, 3.63) is 12.2 Å². The molecular formula is C7H12N2O. The Morgan fingerprint density at radius 1 is 1.40 bits per heavy atom. The Bertz CT molecular complexity index is 155. The van der Waals surface area contributed by atoms with Gasteiger partial charge in [-0.25, -0.2) is 4.79 Å². The van der Waals surface area contributed by atoms with Gasteiger partial charge in [0.2, 0.25) is 0 Å². The molecule has 2 amide bonds. The van der Waals surface area contributed by atoms with Crippen LogP contribution in [0.25, 0.3) is 0 Å². The third kappa shape index (κ3) is 1.29. The van der Waals surface area contributed by atoms with Gasteiger partial charge in [-0.05, 0) is 0 Å². The van der Waals surface area contributed by atoms with Crippen molar-refractivity contribution in [2.75, 3.05) is 27.2 Å². The zero-order valence-electron chi connectivity index (χ0n) is 6.37. The average Bonchev–Trinajstić information content (AvgIpc) is 2.36. The molecule has 10 heavy (non-hydrogen) atoms. The molecule has 0 unspecified atom stereocenters. The number of rotatable bonds is 0. The summed E-state index contributed by atoms with van der Waals surface area (Å²) in [5, 5.41) is 0. The molecule has 0 aliphatic carbocycles. The fourth-order valence-electron chi connectivity index (χ4n) is 0.917. The van der Waals surface area contributed by atoms with Gasteiger partial charge in [-0.15, -0.1) is 0 Å². The molecule has 0 fully saturated rings. The number of urea groups is 1. The maximum absolute atomic E-state index is 11.2. The lowest BCUT2D eigenvalue weighted by molar-refractivity contribution is 0.184. The van der Waals surface area contributed by atoms with Crippen LogP contribution in [-0.2, 0) is 0 Å². The molecule has 1 heterocycles. The Morgan fingerprint density at radius 2 is 1.90 bits per heavy atom. The summed E-state index contributed by atoms with van der Waals surface area (Å²) >= 11 is 0. The van der Waals surface area contributed by atoms with Crippen LogP contribution in [0.3, 0.4) is 0 Å². The number of carbonyl (C=O) groups excluding carboxylic acids is 1. The maximum atomic E-state index is 11.2. The highest BCUT2D eigenvalue weighted by atomic mass is 16.2. The Labute approximate surface area is 60.9 Å². The summed E-state index contributed by atoms with van der Waals surface area (Å²) in [7, 11) is 3.53. The van der Waals surface area contributed by atoms with Crippen LogP contribution in [0.4, 0.5) is 4.79 Å². The molecule has 56 valence electrons. The Balaban J connectivity index is 2.43. The van der Waals surface area contributed by atoms with E-state index in [1.807, 2.05) is 12.2 Å². The molecular weight excluding hydrogens is 128 g/mol. The minimum atomic E-state index is 0.0880. The molecule has 0 aromatic rings. The van der Waals surface area contributed by atoms with Gasteiger partial charge in [-0.1, -0.05) is 12.2 Å². The van der Waals surface area contributed by atoms with E-state index in [9.17, 15) is 4.79 Å². The van der Waals surface area contributed by atoms with Gasteiger partial charge in [0.05, 0.1) is 0 Å². The summed E-state index contributed by atoms with van der Waals surface area (Å²) < 4.78 is 0. The molecule has 1 aliphatic rings. The fourth-order valence-corrected chi connectivity index (χ4v) is 0.917. The Kier molecular flexibility index (Phi) is 1.94. The Hall–Kier alpha value is -0.990. The third-order valence-electron chi connectivity index (χ3n) is 1.47. The lowest BCUT2D eigenvalue weighted by atomic mass is 10.6. The minimum absolute atomic E-state index is 0.0880. The molecule has 0 aromatic heterocycles. The van der Waals surface area contributed by atoms with Gasteiger partial charge in [0.15, 0.2) is 0 Å². The predicted octanol–water partition coefficient (Wildman–Crippen LogP) is 0.540. The molecule has 0 atom stereocenters. The standard InChI is InChI=1S/C7H12N2O/c1-8(2)7(10)9-5-3-4-6-9/h3-4H,5-6H2,1-2H3. The zero-order chi connectivity index (χ0) is 7.56. The minimum Gasteiger partial charge on any atom is -0.331 e. The molecule has 0 N–H and O–H groups in total. The van der Waals surface area contributed by atoms with Crippen molar-refractivity contribution >= 4 is 6.03 Å². The number of nitrogens with zero attached hydrogens (tertiary/aromatic N) is 2. The summed E-state index contributed by atoms with van der Waals surface area (Å²) in [6, 6.07) is 0.0880. The van der Waals surface area contributed by atoms with E-state index >= 15 is 0 Å². The van der Waals surface area contributed by atoms with Crippen LogP contribution in [0, 0.1) is 0 Å². The third-order valence-corrected chi connectivity index (χ3v) is 1.47. The van der Waals surface area contributed by atoms with Crippen molar-refractivity contribution < 1.29 is 4.79 Å². The molecule has 0 saturated heterocycles. The van der Waals surface area contributed by atoms with Crippen LogP contribution in [0.5, 0.6) is 0 Å². The molecule has 0 spiro atoms. The van der Waals surface area contributed by atoms with E-state index in [1.54, 1.807) is 23.9 Å². The van der Waals surface area contributed by atoms with Crippen LogP contribution >= 0.6 is 0 Å². The Morgan fingerprint density at radius 3 is 2.30 bits per heavy atom. The number of amides is 2. The van der Waals surface area contributed by atoms with Crippen molar-refractivity contribution in [3.8, 4) is 0 Å². The highest BCUT2D eigenvalue weighted by Crippen LogP contribution is 2.00. The topological polar surface area (TPSA) is 23.6 Å². The molecule has 0 bridgehead atoms. The van der Waals surface area contributed by atoms with Crippen molar-refractivity contribution in [1.29, 1.82) is 0 Å². The first kappa shape index (κ1) is 7.12. The summed E-state index contributed by atoms with van der Waals surface area (Å²) in [5.41, 5.74) is 0. The average molecular weight is 140 g/mol. The first-order valence-corrected chi connectivity index (χ1v) is 3.33. The second kappa shape index (κ2) is 2.73. The largest absolute Gasteiger partial charge is 0.331 e. The monoisotopic (exact) mass is 140 g/mol. The summed E-state index contributed by atoms with van der Waals surface area (Å²) in [5.74, 6) is 0. The predicted molar refractivity (Wildman–Crippen MR) is 39.8 cm³/mol. The summed E-state index contributed by atoms with van der Waals surface area (Å²) in [6.45, 7) is 1.52. The van der Waals surface area contributed by atoms with Crippen LogP contribution < -0.4 is 0 Å². The van der Waals surface area contributed by atoms with E-state index in [1.165, 1.54) is 0 Å². The van der Waals surface area contributed by atoms with E-state index in [4.69, 9.17) is 0 Å². The van der Waals surface area contributed by atoms with Crippen molar-refractivity contribution in [2.45, 2.75) is 0 Å². The smallest absolute Gasteiger partial charge is 0.320 e. The van der Waals surface area contributed by atoms with Gasteiger partial charge in [0.25, 0.3) is 0 Å².